The Bertz CT molecular complexity index is 235. The summed E-state index contributed by atoms with van der Waals surface area (Å²) < 4.78 is 11.0. The molecule has 5 heteroatoms. The van der Waals surface area contributed by atoms with Gasteiger partial charge in [-0.2, -0.15) is 0 Å². The van der Waals surface area contributed by atoms with E-state index in [-0.39, 0.29) is 12.5 Å². The molecule has 0 heterocycles. The van der Waals surface area contributed by atoms with Gasteiger partial charge in [0.15, 0.2) is 0 Å². The molecule has 4 nitrogen and oxygen atoms in total. The summed E-state index contributed by atoms with van der Waals surface area (Å²) >= 11 is 0. The topological polar surface area (TPSA) is 58.2 Å². The third kappa shape index (κ3) is 7.77. The number of amides is 1. The van der Waals surface area contributed by atoms with Crippen molar-refractivity contribution >= 4 is 16.7 Å². The highest BCUT2D eigenvalue weighted by Gasteiger charge is 2.00. The summed E-state index contributed by atoms with van der Waals surface area (Å²) in [6, 6.07) is 0. The summed E-state index contributed by atoms with van der Waals surface area (Å²) in [6.45, 7) is 2.90. The molecule has 2 N–H and O–H groups in total. The Kier molecular flexibility index (Phi) is 8.19. The molecule has 0 spiro atoms. The summed E-state index contributed by atoms with van der Waals surface area (Å²) in [5.74, 6) is 3.39. The second-order valence-corrected chi connectivity index (χ2v) is 4.46. The molecule has 1 amide bonds. The van der Waals surface area contributed by atoms with Crippen LogP contribution in [0.2, 0.25) is 0 Å². The van der Waals surface area contributed by atoms with Gasteiger partial charge in [0, 0.05) is 28.9 Å². The summed E-state index contributed by atoms with van der Waals surface area (Å²) in [4.78, 5) is 11.0. The van der Waals surface area contributed by atoms with E-state index < -0.39 is 10.8 Å². The first-order chi connectivity index (χ1) is 6.70. The van der Waals surface area contributed by atoms with Crippen LogP contribution in [0.15, 0.2) is 0 Å². The van der Waals surface area contributed by atoms with Crippen LogP contribution in [0.25, 0.3) is 0 Å². The lowest BCUT2D eigenvalue weighted by Crippen LogP contribution is -2.36. The van der Waals surface area contributed by atoms with E-state index in [1.807, 2.05) is 6.92 Å². The molecule has 0 aliphatic carbocycles. The van der Waals surface area contributed by atoms with Crippen LogP contribution < -0.4 is 10.6 Å². The molecule has 0 aromatic carbocycles. The molecule has 0 fully saturated rings. The van der Waals surface area contributed by atoms with Crippen molar-refractivity contribution in [3.63, 3.8) is 0 Å². The van der Waals surface area contributed by atoms with Crippen LogP contribution in [0.4, 0.5) is 0 Å². The van der Waals surface area contributed by atoms with Crippen molar-refractivity contribution in [1.82, 2.24) is 10.6 Å². The third-order valence-electron chi connectivity index (χ3n) is 1.49. The van der Waals surface area contributed by atoms with Crippen molar-refractivity contribution in [2.45, 2.75) is 6.92 Å². The van der Waals surface area contributed by atoms with Gasteiger partial charge < -0.3 is 5.32 Å². The van der Waals surface area contributed by atoms with Gasteiger partial charge in [0.05, 0.1) is 13.1 Å². The first-order valence-electron chi connectivity index (χ1n) is 4.46. The molecule has 14 heavy (non-hydrogen) atoms. The molecular weight excluding hydrogens is 200 g/mol. The molecule has 0 saturated carbocycles. The first kappa shape index (κ1) is 13.1. The van der Waals surface area contributed by atoms with Crippen molar-refractivity contribution in [3.05, 3.63) is 0 Å². The van der Waals surface area contributed by atoms with Crippen LogP contribution in [0.3, 0.4) is 0 Å². The fourth-order valence-electron chi connectivity index (χ4n) is 0.759. The van der Waals surface area contributed by atoms with Crippen molar-refractivity contribution in [2.75, 3.05) is 31.1 Å². The molecular formula is C9H16N2O2S. The van der Waals surface area contributed by atoms with Gasteiger partial charge >= 0.3 is 0 Å². The van der Waals surface area contributed by atoms with E-state index in [2.05, 4.69) is 16.6 Å². The van der Waals surface area contributed by atoms with Crippen LogP contribution in [-0.2, 0) is 15.6 Å². The van der Waals surface area contributed by atoms with Gasteiger partial charge in [0.25, 0.3) is 0 Å². The minimum atomic E-state index is -0.818. The number of rotatable bonds is 7. The van der Waals surface area contributed by atoms with Gasteiger partial charge in [0.1, 0.15) is 0 Å². The number of hydrogen-bond donors (Lipinski definition) is 2. The van der Waals surface area contributed by atoms with Crippen molar-refractivity contribution in [2.24, 2.45) is 0 Å². The Hall–Kier alpha value is -0.860. The highest BCUT2D eigenvalue weighted by Crippen LogP contribution is 1.78. The normalized spacial score (nSPS) is 11.7. The fourth-order valence-corrected chi connectivity index (χ4v) is 1.38. The SMILES string of the molecule is C#CCNCC(=O)NCCS(=O)CC. The fraction of sp³-hybridized carbons (Fsp3) is 0.667. The van der Waals surface area contributed by atoms with Crippen LogP contribution in [-0.4, -0.2) is 41.3 Å². The smallest absolute Gasteiger partial charge is 0.234 e. The molecule has 0 radical (unpaired) electrons. The van der Waals surface area contributed by atoms with Gasteiger partial charge in [-0.3, -0.25) is 14.3 Å². The van der Waals surface area contributed by atoms with E-state index in [1.165, 1.54) is 0 Å². The van der Waals surface area contributed by atoms with Crippen LogP contribution in [0, 0.1) is 12.3 Å². The number of hydrogen-bond acceptors (Lipinski definition) is 3. The van der Waals surface area contributed by atoms with E-state index >= 15 is 0 Å². The molecule has 0 aromatic rings. The lowest BCUT2D eigenvalue weighted by atomic mass is 10.5. The summed E-state index contributed by atoms with van der Waals surface area (Å²) in [6.07, 6.45) is 4.99. The minimum absolute atomic E-state index is 0.117. The third-order valence-corrected chi connectivity index (χ3v) is 2.79. The lowest BCUT2D eigenvalue weighted by Gasteiger charge is -2.04. The first-order valence-corrected chi connectivity index (χ1v) is 5.95. The zero-order chi connectivity index (χ0) is 10.8. The van der Waals surface area contributed by atoms with E-state index in [9.17, 15) is 9.00 Å². The summed E-state index contributed by atoms with van der Waals surface area (Å²) in [5, 5.41) is 5.41. The average Bonchev–Trinajstić information content (AvgIpc) is 2.18. The van der Waals surface area contributed by atoms with Gasteiger partial charge in [-0.05, 0) is 0 Å². The van der Waals surface area contributed by atoms with E-state index in [0.717, 1.165) is 0 Å². The van der Waals surface area contributed by atoms with Crippen molar-refractivity contribution < 1.29 is 9.00 Å². The van der Waals surface area contributed by atoms with Crippen LogP contribution >= 0.6 is 0 Å². The largest absolute Gasteiger partial charge is 0.354 e. The Morgan fingerprint density at radius 1 is 1.57 bits per heavy atom. The number of terminal acetylenes is 1. The average molecular weight is 216 g/mol. The van der Waals surface area contributed by atoms with E-state index in [4.69, 9.17) is 6.42 Å². The zero-order valence-electron chi connectivity index (χ0n) is 8.34. The highest BCUT2D eigenvalue weighted by atomic mass is 32.2. The number of carbonyl (C=O) groups is 1. The van der Waals surface area contributed by atoms with Crippen molar-refractivity contribution in [3.8, 4) is 12.3 Å². The minimum Gasteiger partial charge on any atom is -0.354 e. The van der Waals surface area contributed by atoms with E-state index in [1.54, 1.807) is 0 Å². The Labute approximate surface area is 87.3 Å². The van der Waals surface area contributed by atoms with Gasteiger partial charge in [-0.25, -0.2) is 0 Å². The molecule has 0 rings (SSSR count). The molecule has 1 unspecified atom stereocenters. The van der Waals surface area contributed by atoms with Gasteiger partial charge in [-0.15, -0.1) is 6.42 Å². The maximum absolute atomic E-state index is 11.0. The van der Waals surface area contributed by atoms with Crippen molar-refractivity contribution in [1.29, 1.82) is 0 Å². The summed E-state index contributed by atoms with van der Waals surface area (Å²) in [7, 11) is -0.818. The van der Waals surface area contributed by atoms with Crippen LogP contribution in [0.1, 0.15) is 6.92 Å². The highest BCUT2D eigenvalue weighted by molar-refractivity contribution is 7.84. The molecule has 0 aliphatic heterocycles. The Morgan fingerprint density at radius 3 is 2.86 bits per heavy atom. The quantitative estimate of drug-likeness (QED) is 0.428. The molecule has 0 aliphatic rings. The number of nitrogens with one attached hydrogen (secondary N) is 2. The maximum atomic E-state index is 11.0. The molecule has 1 atom stereocenters. The molecule has 0 bridgehead atoms. The van der Waals surface area contributed by atoms with Crippen LogP contribution in [0.5, 0.6) is 0 Å². The maximum Gasteiger partial charge on any atom is 0.234 e. The second-order valence-electron chi connectivity index (χ2n) is 2.59. The molecule has 0 aromatic heterocycles. The lowest BCUT2D eigenvalue weighted by molar-refractivity contribution is -0.120. The van der Waals surface area contributed by atoms with Gasteiger partial charge in [-0.1, -0.05) is 12.8 Å². The van der Waals surface area contributed by atoms with Gasteiger partial charge in [0.2, 0.25) is 5.91 Å². The Morgan fingerprint density at radius 2 is 2.29 bits per heavy atom. The zero-order valence-corrected chi connectivity index (χ0v) is 9.15. The molecule has 80 valence electrons. The molecule has 0 saturated heterocycles. The second kappa shape index (κ2) is 8.73. The number of carbonyl (C=O) groups excluding carboxylic acids is 1. The summed E-state index contributed by atoms with van der Waals surface area (Å²) in [5.41, 5.74) is 0. The standard InChI is InChI=1S/C9H16N2O2S/c1-3-5-10-8-9(12)11-6-7-14(13)4-2/h1,10H,4-8H2,2H3,(H,11,12). The predicted molar refractivity (Wildman–Crippen MR) is 58.3 cm³/mol. The predicted octanol–water partition coefficient (Wildman–Crippen LogP) is -0.906. The Balaban J connectivity index is 3.36. The van der Waals surface area contributed by atoms with E-state index in [0.29, 0.717) is 24.6 Å². The monoisotopic (exact) mass is 216 g/mol.